The molecule has 20 heavy (non-hydrogen) atoms. The predicted molar refractivity (Wildman–Crippen MR) is 82.3 cm³/mol. The second-order valence-corrected chi connectivity index (χ2v) is 5.77. The van der Waals surface area contributed by atoms with Crippen LogP contribution in [0.4, 0.5) is 0 Å². The molecule has 3 aromatic rings. The van der Waals surface area contributed by atoms with Gasteiger partial charge in [0.1, 0.15) is 0 Å². The molecule has 2 heterocycles. The highest BCUT2D eigenvalue weighted by Gasteiger charge is 2.15. The first-order valence-electron chi connectivity index (χ1n) is 6.03. The molecule has 4 rings (SSSR count). The largest absolute Gasteiger partial charge is 0.454 e. The summed E-state index contributed by atoms with van der Waals surface area (Å²) in [5.74, 6) is 1.51. The molecule has 0 bridgehead atoms. The fourth-order valence-electron chi connectivity index (χ4n) is 2.36. The molecule has 6 heteroatoms. The Kier molecular flexibility index (Phi) is 2.61. The molecule has 0 radical (unpaired) electrons. The van der Waals surface area contributed by atoms with E-state index in [0.717, 1.165) is 32.7 Å². The number of halogens is 1. The summed E-state index contributed by atoms with van der Waals surface area (Å²) < 4.78 is 14.4. The van der Waals surface area contributed by atoms with E-state index in [1.807, 2.05) is 41.0 Å². The van der Waals surface area contributed by atoms with Crippen molar-refractivity contribution in [2.75, 3.05) is 6.79 Å². The lowest BCUT2D eigenvalue weighted by atomic mass is 10.2. The quantitative estimate of drug-likeness (QED) is 0.670. The zero-order valence-corrected chi connectivity index (χ0v) is 12.6. The van der Waals surface area contributed by atoms with Crippen LogP contribution in [0.3, 0.4) is 0 Å². The molecule has 1 aliphatic rings. The van der Waals surface area contributed by atoms with E-state index in [4.69, 9.17) is 21.7 Å². The minimum Gasteiger partial charge on any atom is -0.454 e. The number of benzene rings is 2. The summed E-state index contributed by atoms with van der Waals surface area (Å²) in [5, 5.41) is 0. The molecule has 0 spiro atoms. The predicted octanol–water partition coefficient (Wildman–Crippen LogP) is 4.18. The van der Waals surface area contributed by atoms with Crippen molar-refractivity contribution in [2.24, 2.45) is 0 Å². The molecule has 0 aliphatic carbocycles. The van der Waals surface area contributed by atoms with E-state index in [0.29, 0.717) is 4.77 Å². The molecular formula is C14H9BrN2O2S. The lowest BCUT2D eigenvalue weighted by Crippen LogP contribution is -1.94. The lowest BCUT2D eigenvalue weighted by molar-refractivity contribution is 0.174. The molecule has 1 aliphatic heterocycles. The number of aromatic nitrogens is 2. The van der Waals surface area contributed by atoms with Crippen LogP contribution in [0.25, 0.3) is 16.7 Å². The molecule has 0 saturated carbocycles. The van der Waals surface area contributed by atoms with Gasteiger partial charge in [0.25, 0.3) is 0 Å². The van der Waals surface area contributed by atoms with Crippen LogP contribution in [0.2, 0.25) is 0 Å². The zero-order valence-electron chi connectivity index (χ0n) is 10.2. The van der Waals surface area contributed by atoms with Crippen LogP contribution in [-0.4, -0.2) is 16.3 Å². The van der Waals surface area contributed by atoms with E-state index >= 15 is 0 Å². The van der Waals surface area contributed by atoms with Crippen molar-refractivity contribution in [1.82, 2.24) is 9.55 Å². The van der Waals surface area contributed by atoms with Crippen LogP contribution in [-0.2, 0) is 0 Å². The van der Waals surface area contributed by atoms with E-state index in [-0.39, 0.29) is 6.79 Å². The first kappa shape index (κ1) is 12.0. The van der Waals surface area contributed by atoms with Crippen LogP contribution < -0.4 is 9.47 Å². The summed E-state index contributed by atoms with van der Waals surface area (Å²) in [4.78, 5) is 3.21. The minimum absolute atomic E-state index is 0.269. The van der Waals surface area contributed by atoms with Gasteiger partial charge in [0.2, 0.25) is 6.79 Å². The number of nitrogens with zero attached hydrogens (tertiary/aromatic N) is 1. The number of imidazole rings is 1. The summed E-state index contributed by atoms with van der Waals surface area (Å²) >= 11 is 8.89. The first-order valence-corrected chi connectivity index (χ1v) is 7.23. The summed E-state index contributed by atoms with van der Waals surface area (Å²) in [6, 6.07) is 11.8. The Morgan fingerprint density at radius 2 is 1.95 bits per heavy atom. The van der Waals surface area contributed by atoms with E-state index < -0.39 is 0 Å². The molecule has 0 fully saturated rings. The highest BCUT2D eigenvalue weighted by molar-refractivity contribution is 9.10. The number of aromatic amines is 1. The average Bonchev–Trinajstić information content (AvgIpc) is 3.00. The molecule has 0 atom stereocenters. The summed E-state index contributed by atoms with van der Waals surface area (Å²) in [6.45, 7) is 0.269. The van der Waals surface area contributed by atoms with Crippen molar-refractivity contribution >= 4 is 39.2 Å². The molecule has 2 aromatic carbocycles. The molecule has 1 aromatic heterocycles. The third kappa shape index (κ3) is 1.76. The second kappa shape index (κ2) is 4.36. The number of H-pyrrole nitrogens is 1. The van der Waals surface area contributed by atoms with Crippen molar-refractivity contribution in [2.45, 2.75) is 0 Å². The Balaban J connectivity index is 1.98. The van der Waals surface area contributed by atoms with Gasteiger partial charge < -0.3 is 14.5 Å². The monoisotopic (exact) mass is 348 g/mol. The van der Waals surface area contributed by atoms with Crippen LogP contribution in [0.5, 0.6) is 11.5 Å². The van der Waals surface area contributed by atoms with E-state index in [1.54, 1.807) is 0 Å². The van der Waals surface area contributed by atoms with Gasteiger partial charge in [-0.1, -0.05) is 15.9 Å². The molecule has 0 saturated heterocycles. The van der Waals surface area contributed by atoms with Gasteiger partial charge in [-0.25, -0.2) is 0 Å². The van der Waals surface area contributed by atoms with Gasteiger partial charge in [-0.05, 0) is 42.5 Å². The van der Waals surface area contributed by atoms with Crippen LogP contribution in [0.15, 0.2) is 40.9 Å². The maximum atomic E-state index is 5.43. The number of ether oxygens (including phenoxy) is 2. The van der Waals surface area contributed by atoms with Crippen molar-refractivity contribution < 1.29 is 9.47 Å². The Hall–Kier alpha value is -1.79. The summed E-state index contributed by atoms with van der Waals surface area (Å²) in [5.41, 5.74) is 2.96. The van der Waals surface area contributed by atoms with Gasteiger partial charge in [-0.2, -0.15) is 0 Å². The number of hydrogen-bond acceptors (Lipinski definition) is 3. The van der Waals surface area contributed by atoms with Gasteiger partial charge in [0.15, 0.2) is 16.3 Å². The van der Waals surface area contributed by atoms with Gasteiger partial charge in [-0.15, -0.1) is 0 Å². The van der Waals surface area contributed by atoms with Gasteiger partial charge in [0, 0.05) is 10.5 Å². The van der Waals surface area contributed by atoms with Crippen LogP contribution in [0.1, 0.15) is 0 Å². The topological polar surface area (TPSA) is 39.2 Å². The van der Waals surface area contributed by atoms with Crippen molar-refractivity contribution in [1.29, 1.82) is 0 Å². The smallest absolute Gasteiger partial charge is 0.231 e. The molecule has 4 nitrogen and oxygen atoms in total. The molecule has 1 N–H and O–H groups in total. The molecule has 0 amide bonds. The van der Waals surface area contributed by atoms with E-state index in [2.05, 4.69) is 20.9 Å². The van der Waals surface area contributed by atoms with Gasteiger partial charge in [0.05, 0.1) is 16.7 Å². The lowest BCUT2D eigenvalue weighted by Gasteiger charge is -2.05. The van der Waals surface area contributed by atoms with E-state index in [1.165, 1.54) is 0 Å². The Morgan fingerprint density at radius 3 is 2.85 bits per heavy atom. The Morgan fingerprint density at radius 1 is 1.10 bits per heavy atom. The minimum atomic E-state index is 0.269. The Labute approximate surface area is 128 Å². The summed E-state index contributed by atoms with van der Waals surface area (Å²) in [6.07, 6.45) is 0. The van der Waals surface area contributed by atoms with E-state index in [9.17, 15) is 0 Å². The number of rotatable bonds is 1. The third-order valence-corrected chi connectivity index (χ3v) is 4.04. The number of fused-ring (bicyclic) bond motifs is 2. The average molecular weight is 349 g/mol. The third-order valence-electron chi connectivity index (χ3n) is 3.26. The van der Waals surface area contributed by atoms with Crippen molar-refractivity contribution in [3.8, 4) is 17.2 Å². The normalized spacial score (nSPS) is 13.1. The van der Waals surface area contributed by atoms with Gasteiger partial charge >= 0.3 is 0 Å². The first-order chi connectivity index (χ1) is 9.72. The van der Waals surface area contributed by atoms with Gasteiger partial charge in [-0.3, -0.25) is 4.57 Å². The van der Waals surface area contributed by atoms with Crippen LogP contribution >= 0.6 is 28.1 Å². The van der Waals surface area contributed by atoms with Crippen molar-refractivity contribution in [3.05, 3.63) is 45.6 Å². The maximum Gasteiger partial charge on any atom is 0.231 e. The standard InChI is InChI=1S/C14H9BrN2O2S/c15-8-1-3-11-10(5-8)16-14(20)17(11)9-2-4-12-13(6-9)19-7-18-12/h1-6H,7H2,(H,16,20). The highest BCUT2D eigenvalue weighted by Crippen LogP contribution is 2.34. The highest BCUT2D eigenvalue weighted by atomic mass is 79.9. The molecule has 0 unspecified atom stereocenters. The number of hydrogen-bond donors (Lipinski definition) is 1. The fraction of sp³-hybridized carbons (Fsp3) is 0.0714. The zero-order chi connectivity index (χ0) is 13.7. The Bertz CT molecular complexity index is 885. The maximum absolute atomic E-state index is 5.43. The SMILES string of the molecule is S=c1[nH]c2cc(Br)ccc2n1-c1ccc2c(c1)OCO2. The molecule has 100 valence electrons. The summed E-state index contributed by atoms with van der Waals surface area (Å²) in [7, 11) is 0. The van der Waals surface area contributed by atoms with Crippen LogP contribution in [0, 0.1) is 4.77 Å². The second-order valence-electron chi connectivity index (χ2n) is 4.46. The van der Waals surface area contributed by atoms with Crippen molar-refractivity contribution in [3.63, 3.8) is 0 Å². The fourth-order valence-corrected chi connectivity index (χ4v) is 3.04. The number of nitrogens with one attached hydrogen (secondary N) is 1. The molecular weight excluding hydrogens is 340 g/mol.